The van der Waals surface area contributed by atoms with Crippen molar-refractivity contribution < 1.29 is 14.6 Å². The summed E-state index contributed by atoms with van der Waals surface area (Å²) in [5.74, 6) is 0.771. The lowest BCUT2D eigenvalue weighted by molar-refractivity contribution is -0.136. The number of hydrogen-bond acceptors (Lipinski definition) is 3. The lowest BCUT2D eigenvalue weighted by Crippen LogP contribution is -2.49. The number of hydrogen-bond donors (Lipinski definition) is 1. The minimum atomic E-state index is -0.683. The van der Waals surface area contributed by atoms with Crippen LogP contribution in [0.15, 0.2) is 18.2 Å². The second-order valence-corrected chi connectivity index (χ2v) is 5.28. The molecule has 0 amide bonds. The molecule has 1 aliphatic carbocycles. The van der Waals surface area contributed by atoms with Gasteiger partial charge in [-0.3, -0.25) is 0 Å². The standard InChI is InChI=1S/C14H19ClO3/c1-3-18-12-8-14(16,9-12)7-10-6-11(15)4-5-13(10)17-2/h4-6,12,16H,3,7-9H2,1-2H3. The molecule has 2 rings (SSSR count). The monoisotopic (exact) mass is 270 g/mol. The van der Waals surface area contributed by atoms with E-state index in [1.807, 2.05) is 19.1 Å². The highest BCUT2D eigenvalue weighted by Crippen LogP contribution is 2.39. The zero-order valence-electron chi connectivity index (χ0n) is 10.8. The predicted molar refractivity (Wildman–Crippen MR) is 71.3 cm³/mol. The van der Waals surface area contributed by atoms with E-state index < -0.39 is 5.60 Å². The van der Waals surface area contributed by atoms with E-state index in [-0.39, 0.29) is 6.10 Å². The Kier molecular flexibility index (Phi) is 4.15. The quantitative estimate of drug-likeness (QED) is 0.894. The molecule has 1 aromatic carbocycles. The summed E-state index contributed by atoms with van der Waals surface area (Å²) >= 11 is 5.98. The molecule has 1 fully saturated rings. The molecule has 1 aromatic rings. The van der Waals surface area contributed by atoms with Crippen molar-refractivity contribution in [1.82, 2.24) is 0 Å². The second kappa shape index (κ2) is 5.47. The van der Waals surface area contributed by atoms with Gasteiger partial charge in [0.1, 0.15) is 5.75 Å². The first kappa shape index (κ1) is 13.7. The molecular weight excluding hydrogens is 252 g/mol. The number of aliphatic hydroxyl groups is 1. The van der Waals surface area contributed by atoms with Crippen molar-refractivity contribution in [3.05, 3.63) is 28.8 Å². The molecular formula is C14H19ClO3. The summed E-state index contributed by atoms with van der Waals surface area (Å²) in [5.41, 5.74) is 0.264. The summed E-state index contributed by atoms with van der Waals surface area (Å²) in [7, 11) is 1.63. The van der Waals surface area contributed by atoms with Crippen LogP contribution in [0.4, 0.5) is 0 Å². The summed E-state index contributed by atoms with van der Waals surface area (Å²) in [6, 6.07) is 5.48. The highest BCUT2D eigenvalue weighted by atomic mass is 35.5. The maximum atomic E-state index is 10.4. The number of halogens is 1. The molecule has 0 saturated heterocycles. The fraction of sp³-hybridized carbons (Fsp3) is 0.571. The molecule has 1 saturated carbocycles. The van der Waals surface area contributed by atoms with Crippen molar-refractivity contribution in [2.75, 3.05) is 13.7 Å². The van der Waals surface area contributed by atoms with Gasteiger partial charge in [-0.1, -0.05) is 11.6 Å². The molecule has 3 nitrogen and oxygen atoms in total. The molecule has 1 aliphatic rings. The third kappa shape index (κ3) is 2.97. The van der Waals surface area contributed by atoms with Crippen LogP contribution in [0.3, 0.4) is 0 Å². The summed E-state index contributed by atoms with van der Waals surface area (Å²) in [4.78, 5) is 0. The Morgan fingerprint density at radius 3 is 2.78 bits per heavy atom. The van der Waals surface area contributed by atoms with Crippen LogP contribution >= 0.6 is 11.6 Å². The normalized spacial score (nSPS) is 26.8. The fourth-order valence-electron chi connectivity index (χ4n) is 2.53. The van der Waals surface area contributed by atoms with Gasteiger partial charge in [0.15, 0.2) is 0 Å². The van der Waals surface area contributed by atoms with Crippen LogP contribution in [-0.4, -0.2) is 30.5 Å². The summed E-state index contributed by atoms with van der Waals surface area (Å²) in [5, 5.41) is 11.1. The Hall–Kier alpha value is -0.770. The van der Waals surface area contributed by atoms with Crippen molar-refractivity contribution in [3.63, 3.8) is 0 Å². The van der Waals surface area contributed by atoms with Crippen LogP contribution < -0.4 is 4.74 Å². The van der Waals surface area contributed by atoms with E-state index in [9.17, 15) is 5.11 Å². The lowest BCUT2D eigenvalue weighted by Gasteiger charge is -2.43. The summed E-state index contributed by atoms with van der Waals surface area (Å²) < 4.78 is 10.8. The minimum Gasteiger partial charge on any atom is -0.496 e. The van der Waals surface area contributed by atoms with Gasteiger partial charge in [-0.15, -0.1) is 0 Å². The Morgan fingerprint density at radius 2 is 2.17 bits per heavy atom. The minimum absolute atomic E-state index is 0.185. The SMILES string of the molecule is CCOC1CC(O)(Cc2cc(Cl)ccc2OC)C1. The largest absolute Gasteiger partial charge is 0.496 e. The molecule has 0 radical (unpaired) electrons. The van der Waals surface area contributed by atoms with Crippen LogP contribution in [-0.2, 0) is 11.2 Å². The van der Waals surface area contributed by atoms with Crippen molar-refractivity contribution in [2.24, 2.45) is 0 Å². The van der Waals surface area contributed by atoms with E-state index in [0.717, 1.165) is 11.3 Å². The third-order valence-electron chi connectivity index (χ3n) is 3.38. The molecule has 0 heterocycles. The highest BCUT2D eigenvalue weighted by molar-refractivity contribution is 6.30. The van der Waals surface area contributed by atoms with Crippen LogP contribution in [0, 0.1) is 0 Å². The Labute approximate surface area is 113 Å². The van der Waals surface area contributed by atoms with Gasteiger partial charge in [0.2, 0.25) is 0 Å². The van der Waals surface area contributed by atoms with E-state index in [0.29, 0.717) is 30.9 Å². The average molecular weight is 271 g/mol. The molecule has 0 aromatic heterocycles. The van der Waals surface area contributed by atoms with E-state index >= 15 is 0 Å². The molecule has 18 heavy (non-hydrogen) atoms. The van der Waals surface area contributed by atoms with Crippen molar-refractivity contribution in [2.45, 2.75) is 37.9 Å². The molecule has 1 N–H and O–H groups in total. The van der Waals surface area contributed by atoms with Crippen LogP contribution in [0.1, 0.15) is 25.3 Å². The molecule has 0 spiro atoms. The van der Waals surface area contributed by atoms with Gasteiger partial charge < -0.3 is 14.6 Å². The van der Waals surface area contributed by atoms with Gasteiger partial charge in [-0.25, -0.2) is 0 Å². The van der Waals surface area contributed by atoms with Gasteiger partial charge in [-0.05, 0) is 30.7 Å². The molecule has 4 heteroatoms. The zero-order chi connectivity index (χ0) is 13.2. The average Bonchev–Trinajstić information content (AvgIpc) is 2.27. The second-order valence-electron chi connectivity index (χ2n) is 4.84. The van der Waals surface area contributed by atoms with Gasteiger partial charge in [-0.2, -0.15) is 0 Å². The smallest absolute Gasteiger partial charge is 0.122 e. The topological polar surface area (TPSA) is 38.7 Å². The fourth-order valence-corrected chi connectivity index (χ4v) is 2.72. The van der Waals surface area contributed by atoms with Crippen LogP contribution in [0.5, 0.6) is 5.75 Å². The van der Waals surface area contributed by atoms with Gasteiger partial charge in [0.25, 0.3) is 0 Å². The number of ether oxygens (including phenoxy) is 2. The first-order chi connectivity index (χ1) is 8.56. The Bertz CT molecular complexity index is 414. The third-order valence-corrected chi connectivity index (χ3v) is 3.61. The predicted octanol–water partition coefficient (Wildman–Crippen LogP) is 2.82. The maximum Gasteiger partial charge on any atom is 0.122 e. The van der Waals surface area contributed by atoms with Crippen molar-refractivity contribution in [1.29, 1.82) is 0 Å². The Balaban J connectivity index is 2.04. The molecule has 0 unspecified atom stereocenters. The molecule has 0 bridgehead atoms. The highest BCUT2D eigenvalue weighted by Gasteiger charge is 2.43. The Morgan fingerprint density at radius 1 is 1.44 bits per heavy atom. The van der Waals surface area contributed by atoms with Gasteiger partial charge >= 0.3 is 0 Å². The molecule has 0 aliphatic heterocycles. The first-order valence-electron chi connectivity index (χ1n) is 6.23. The van der Waals surface area contributed by atoms with E-state index in [2.05, 4.69) is 0 Å². The van der Waals surface area contributed by atoms with Crippen LogP contribution in [0.25, 0.3) is 0 Å². The lowest BCUT2D eigenvalue weighted by atomic mass is 9.73. The number of rotatable bonds is 5. The summed E-state index contributed by atoms with van der Waals surface area (Å²) in [6.45, 7) is 2.67. The van der Waals surface area contributed by atoms with Crippen molar-refractivity contribution in [3.8, 4) is 5.75 Å². The summed E-state index contributed by atoms with van der Waals surface area (Å²) in [6.07, 6.45) is 2.10. The molecule has 100 valence electrons. The van der Waals surface area contributed by atoms with E-state index in [1.54, 1.807) is 13.2 Å². The number of benzene rings is 1. The van der Waals surface area contributed by atoms with Gasteiger partial charge in [0.05, 0.1) is 18.8 Å². The zero-order valence-corrected chi connectivity index (χ0v) is 11.5. The maximum absolute atomic E-state index is 10.4. The van der Waals surface area contributed by atoms with Crippen LogP contribution in [0.2, 0.25) is 5.02 Å². The van der Waals surface area contributed by atoms with Gasteiger partial charge in [0, 0.05) is 30.9 Å². The van der Waals surface area contributed by atoms with E-state index in [4.69, 9.17) is 21.1 Å². The number of methoxy groups -OCH3 is 1. The molecule has 0 atom stereocenters. The van der Waals surface area contributed by atoms with E-state index in [1.165, 1.54) is 0 Å². The van der Waals surface area contributed by atoms with Crippen molar-refractivity contribution >= 4 is 11.6 Å². The first-order valence-corrected chi connectivity index (χ1v) is 6.60.